The maximum absolute atomic E-state index is 10.8. The van der Waals surface area contributed by atoms with E-state index >= 15 is 0 Å². The second kappa shape index (κ2) is 12.3. The third kappa shape index (κ3) is 13.4. The topological polar surface area (TPSA) is 37.3 Å². The monoisotopic (exact) mass is 336 g/mol. The number of rotatable bonds is 14. The molecule has 0 rings (SSSR count). The van der Waals surface area contributed by atoms with Crippen LogP contribution in [0.25, 0.3) is 0 Å². The number of hydrogen-bond acceptors (Lipinski definition) is 1. The molecule has 0 heterocycles. The lowest BCUT2D eigenvalue weighted by atomic mass is 9.77. The summed E-state index contributed by atoms with van der Waals surface area (Å²) in [7, 11) is 0. The molecule has 0 aliphatic heterocycles. The van der Waals surface area contributed by atoms with Gasteiger partial charge in [-0.25, -0.2) is 0 Å². The molecule has 2 heteroatoms. The largest absolute Gasteiger partial charge is 0.481 e. The minimum Gasteiger partial charge on any atom is -0.481 e. The van der Waals surface area contributed by atoms with Gasteiger partial charge >= 0.3 is 5.97 Å². The zero-order valence-electron chi connectivity index (χ0n) is 16.7. The fourth-order valence-electron chi connectivity index (χ4n) is 3.66. The Labute approximate surface area is 150 Å². The van der Waals surface area contributed by atoms with Crippen molar-refractivity contribution in [3.63, 3.8) is 0 Å². The van der Waals surface area contributed by atoms with Gasteiger partial charge in [0.05, 0.1) is 0 Å². The van der Waals surface area contributed by atoms with Crippen molar-refractivity contribution in [1.82, 2.24) is 0 Å². The van der Waals surface area contributed by atoms with E-state index in [0.29, 0.717) is 5.92 Å². The molecule has 1 N–H and O–H groups in total. The SMILES string of the molecule is C=CCCC=C(C)CCCC(C)CC(C)CC(C)(C)CCC(=O)O. The third-order valence-corrected chi connectivity index (χ3v) is 4.85. The van der Waals surface area contributed by atoms with Crippen molar-refractivity contribution < 1.29 is 9.90 Å². The van der Waals surface area contributed by atoms with Gasteiger partial charge in [-0.05, 0) is 69.1 Å². The first-order valence-corrected chi connectivity index (χ1v) is 9.64. The average molecular weight is 337 g/mol. The van der Waals surface area contributed by atoms with Crippen LogP contribution in [0.3, 0.4) is 0 Å². The molecule has 0 aliphatic rings. The van der Waals surface area contributed by atoms with Crippen LogP contribution in [0.5, 0.6) is 0 Å². The second-order valence-corrected chi connectivity index (χ2v) is 8.52. The van der Waals surface area contributed by atoms with Gasteiger partial charge in [0.1, 0.15) is 0 Å². The standard InChI is InChI=1S/C22H40O2/c1-7-8-9-11-18(2)12-10-13-19(3)16-20(4)17-22(5,6)15-14-21(23)24/h7,11,19-20H,1,8-10,12-17H2,2-6H3,(H,23,24). The molecular formula is C22H40O2. The molecule has 24 heavy (non-hydrogen) atoms. The summed E-state index contributed by atoms with van der Waals surface area (Å²) in [5, 5.41) is 8.86. The number of carboxylic acid groups (broad SMARTS) is 1. The Balaban J connectivity index is 4.01. The number of unbranched alkanes of at least 4 members (excludes halogenated alkanes) is 1. The highest BCUT2D eigenvalue weighted by molar-refractivity contribution is 5.66. The first-order valence-electron chi connectivity index (χ1n) is 9.64. The van der Waals surface area contributed by atoms with Gasteiger partial charge in [0.15, 0.2) is 0 Å². The molecule has 0 spiro atoms. The van der Waals surface area contributed by atoms with Gasteiger partial charge < -0.3 is 5.11 Å². The lowest BCUT2D eigenvalue weighted by molar-refractivity contribution is -0.137. The van der Waals surface area contributed by atoms with Gasteiger partial charge in [-0.3, -0.25) is 4.79 Å². The summed E-state index contributed by atoms with van der Waals surface area (Å²) in [4.78, 5) is 10.8. The molecular weight excluding hydrogens is 296 g/mol. The highest BCUT2D eigenvalue weighted by atomic mass is 16.4. The summed E-state index contributed by atoms with van der Waals surface area (Å²) >= 11 is 0. The molecule has 0 aliphatic carbocycles. The maximum atomic E-state index is 10.8. The number of carboxylic acids is 1. The predicted molar refractivity (Wildman–Crippen MR) is 105 cm³/mol. The lowest BCUT2D eigenvalue weighted by Gasteiger charge is -2.29. The van der Waals surface area contributed by atoms with Gasteiger partial charge in [0.2, 0.25) is 0 Å². The van der Waals surface area contributed by atoms with E-state index in [2.05, 4.69) is 47.3 Å². The molecule has 140 valence electrons. The fourth-order valence-corrected chi connectivity index (χ4v) is 3.66. The van der Waals surface area contributed by atoms with Crippen LogP contribution in [0, 0.1) is 17.3 Å². The molecule has 0 saturated carbocycles. The van der Waals surface area contributed by atoms with Crippen molar-refractivity contribution in [2.75, 3.05) is 0 Å². The summed E-state index contributed by atoms with van der Waals surface area (Å²) in [5.41, 5.74) is 1.63. The van der Waals surface area contributed by atoms with Crippen LogP contribution in [-0.2, 0) is 4.79 Å². The molecule has 0 fully saturated rings. The van der Waals surface area contributed by atoms with Crippen molar-refractivity contribution in [2.24, 2.45) is 17.3 Å². The van der Waals surface area contributed by atoms with Crippen LogP contribution in [0.1, 0.15) is 92.4 Å². The van der Waals surface area contributed by atoms with Crippen molar-refractivity contribution in [2.45, 2.75) is 92.4 Å². The molecule has 0 saturated heterocycles. The van der Waals surface area contributed by atoms with Crippen LogP contribution in [0.2, 0.25) is 0 Å². The van der Waals surface area contributed by atoms with Crippen molar-refractivity contribution in [1.29, 1.82) is 0 Å². The van der Waals surface area contributed by atoms with E-state index in [1.54, 1.807) is 0 Å². The van der Waals surface area contributed by atoms with Crippen molar-refractivity contribution in [3.05, 3.63) is 24.3 Å². The number of aliphatic carboxylic acids is 1. The van der Waals surface area contributed by atoms with E-state index in [-0.39, 0.29) is 11.8 Å². The molecule has 2 unspecified atom stereocenters. The fraction of sp³-hybridized carbons (Fsp3) is 0.773. The molecule has 0 radical (unpaired) electrons. The average Bonchev–Trinajstić information content (AvgIpc) is 2.44. The second-order valence-electron chi connectivity index (χ2n) is 8.52. The Morgan fingerprint density at radius 2 is 1.83 bits per heavy atom. The minimum atomic E-state index is -0.680. The molecule has 0 aromatic rings. The van der Waals surface area contributed by atoms with E-state index < -0.39 is 5.97 Å². The molecule has 0 aromatic heterocycles. The zero-order valence-corrected chi connectivity index (χ0v) is 16.7. The molecule has 2 atom stereocenters. The van der Waals surface area contributed by atoms with Crippen molar-refractivity contribution >= 4 is 5.97 Å². The minimum absolute atomic E-state index is 0.127. The molecule has 0 bridgehead atoms. The number of allylic oxidation sites excluding steroid dienone is 3. The summed E-state index contributed by atoms with van der Waals surface area (Å²) < 4.78 is 0. The van der Waals surface area contributed by atoms with E-state index in [9.17, 15) is 4.79 Å². The normalized spacial score (nSPS) is 15.1. The van der Waals surface area contributed by atoms with Gasteiger partial charge in [-0.15, -0.1) is 6.58 Å². The van der Waals surface area contributed by atoms with Crippen molar-refractivity contribution in [3.8, 4) is 0 Å². The Morgan fingerprint density at radius 3 is 2.42 bits per heavy atom. The van der Waals surface area contributed by atoms with Gasteiger partial charge in [-0.1, -0.05) is 51.8 Å². The molecule has 2 nitrogen and oxygen atoms in total. The van der Waals surface area contributed by atoms with Crippen LogP contribution in [0.15, 0.2) is 24.3 Å². The van der Waals surface area contributed by atoms with Gasteiger partial charge in [-0.2, -0.15) is 0 Å². The predicted octanol–water partition coefficient (Wildman–Crippen LogP) is 7.01. The highest BCUT2D eigenvalue weighted by Gasteiger charge is 2.23. The van der Waals surface area contributed by atoms with Crippen LogP contribution in [0.4, 0.5) is 0 Å². The van der Waals surface area contributed by atoms with E-state index in [1.165, 1.54) is 31.3 Å². The Kier molecular flexibility index (Phi) is 11.8. The Hall–Kier alpha value is -1.05. The maximum Gasteiger partial charge on any atom is 0.303 e. The van der Waals surface area contributed by atoms with E-state index in [4.69, 9.17) is 5.11 Å². The summed E-state index contributed by atoms with van der Waals surface area (Å²) in [6, 6.07) is 0. The molecule has 0 amide bonds. The first kappa shape index (κ1) is 22.9. The van der Waals surface area contributed by atoms with Crippen LogP contribution >= 0.6 is 0 Å². The van der Waals surface area contributed by atoms with E-state index in [0.717, 1.165) is 31.6 Å². The van der Waals surface area contributed by atoms with Crippen LogP contribution in [-0.4, -0.2) is 11.1 Å². The lowest BCUT2D eigenvalue weighted by Crippen LogP contribution is -2.18. The number of carbonyl (C=O) groups is 1. The molecule has 0 aromatic carbocycles. The Bertz CT molecular complexity index is 393. The Morgan fingerprint density at radius 1 is 1.17 bits per heavy atom. The summed E-state index contributed by atoms with van der Waals surface area (Å²) in [6.45, 7) is 15.1. The quantitative estimate of drug-likeness (QED) is 0.273. The third-order valence-electron chi connectivity index (χ3n) is 4.85. The summed E-state index contributed by atoms with van der Waals surface area (Å²) in [6.07, 6.45) is 13.7. The smallest absolute Gasteiger partial charge is 0.303 e. The zero-order chi connectivity index (χ0) is 18.6. The summed E-state index contributed by atoms with van der Waals surface area (Å²) in [5.74, 6) is 0.727. The first-order chi connectivity index (χ1) is 11.2. The van der Waals surface area contributed by atoms with Gasteiger partial charge in [0, 0.05) is 6.42 Å². The van der Waals surface area contributed by atoms with Crippen LogP contribution < -0.4 is 0 Å². The highest BCUT2D eigenvalue weighted by Crippen LogP contribution is 2.33. The van der Waals surface area contributed by atoms with Gasteiger partial charge in [0.25, 0.3) is 0 Å². The van der Waals surface area contributed by atoms with E-state index in [1.807, 2.05) is 6.08 Å². The number of hydrogen-bond donors (Lipinski definition) is 1.